The molecule has 1 aromatic carbocycles. The lowest BCUT2D eigenvalue weighted by atomic mass is 9.64. The molecule has 4 heteroatoms. The van der Waals surface area contributed by atoms with E-state index in [1.54, 1.807) is 0 Å². The molecule has 3 rings (SSSR count). The fraction of sp³-hybridized carbons (Fsp3) is 0.500. The summed E-state index contributed by atoms with van der Waals surface area (Å²) < 4.78 is 0. The number of carbonyl (C=O) groups is 1. The van der Waals surface area contributed by atoms with Crippen molar-refractivity contribution >= 4 is 11.6 Å². The van der Waals surface area contributed by atoms with Gasteiger partial charge in [0, 0.05) is 12.0 Å². The summed E-state index contributed by atoms with van der Waals surface area (Å²) >= 11 is 0. The van der Waals surface area contributed by atoms with E-state index in [0.29, 0.717) is 19.6 Å². The number of hydroxylamine groups is 1. The van der Waals surface area contributed by atoms with Crippen LogP contribution in [0.15, 0.2) is 24.3 Å². The van der Waals surface area contributed by atoms with Gasteiger partial charge in [-0.3, -0.25) is 9.63 Å². The monoisotopic (exact) mass is 246 g/mol. The molecule has 1 aromatic rings. The first-order chi connectivity index (χ1) is 8.75. The maximum absolute atomic E-state index is 11.6. The van der Waals surface area contributed by atoms with Crippen LogP contribution in [-0.2, 0) is 15.0 Å². The van der Waals surface area contributed by atoms with E-state index in [2.05, 4.69) is 12.1 Å². The number of benzene rings is 1. The molecule has 2 N–H and O–H groups in total. The van der Waals surface area contributed by atoms with Crippen molar-refractivity contribution in [1.82, 2.24) is 0 Å². The molecule has 1 amide bonds. The van der Waals surface area contributed by atoms with Crippen molar-refractivity contribution in [3.05, 3.63) is 29.8 Å². The van der Waals surface area contributed by atoms with Gasteiger partial charge in [0.15, 0.2) is 0 Å². The summed E-state index contributed by atoms with van der Waals surface area (Å²) in [7, 11) is 0. The van der Waals surface area contributed by atoms with E-state index in [0.717, 1.165) is 5.69 Å². The zero-order valence-electron chi connectivity index (χ0n) is 10.4. The predicted molar refractivity (Wildman–Crippen MR) is 69.1 cm³/mol. The minimum Gasteiger partial charge on any atom is -0.330 e. The zero-order chi connectivity index (χ0) is 12.6. The summed E-state index contributed by atoms with van der Waals surface area (Å²) in [4.78, 5) is 16.9. The van der Waals surface area contributed by atoms with Crippen molar-refractivity contribution < 1.29 is 9.63 Å². The van der Waals surface area contributed by atoms with Crippen molar-refractivity contribution in [1.29, 1.82) is 0 Å². The first kappa shape index (κ1) is 11.7. The SMILES string of the molecule is NCC1(c2ccc(N3OCCC3=O)cc2)CCC1. The molecule has 2 aliphatic rings. The molecule has 0 radical (unpaired) electrons. The molecule has 1 saturated carbocycles. The van der Waals surface area contributed by atoms with Crippen molar-refractivity contribution in [3.63, 3.8) is 0 Å². The van der Waals surface area contributed by atoms with Gasteiger partial charge in [-0.2, -0.15) is 5.06 Å². The molecule has 1 saturated heterocycles. The molecule has 1 heterocycles. The highest BCUT2D eigenvalue weighted by Crippen LogP contribution is 2.43. The van der Waals surface area contributed by atoms with Gasteiger partial charge in [0.05, 0.1) is 18.7 Å². The topological polar surface area (TPSA) is 55.6 Å². The predicted octanol–water partition coefficient (Wildman–Crippen LogP) is 1.74. The molecule has 1 aliphatic heterocycles. The van der Waals surface area contributed by atoms with Crippen molar-refractivity contribution in [2.75, 3.05) is 18.2 Å². The second kappa shape index (κ2) is 4.37. The normalized spacial score (nSPS) is 22.1. The number of nitrogens with zero attached hydrogens (tertiary/aromatic N) is 1. The number of carbonyl (C=O) groups excluding carboxylic acids is 1. The van der Waals surface area contributed by atoms with Gasteiger partial charge in [-0.15, -0.1) is 0 Å². The Hall–Kier alpha value is -1.39. The number of anilines is 1. The fourth-order valence-corrected chi connectivity index (χ4v) is 2.78. The summed E-state index contributed by atoms with van der Waals surface area (Å²) in [6, 6.07) is 8.06. The van der Waals surface area contributed by atoms with Gasteiger partial charge in [0.2, 0.25) is 0 Å². The lowest BCUT2D eigenvalue weighted by Gasteiger charge is -2.41. The lowest BCUT2D eigenvalue weighted by molar-refractivity contribution is -0.119. The molecule has 18 heavy (non-hydrogen) atoms. The Morgan fingerprint density at radius 3 is 2.44 bits per heavy atom. The first-order valence-corrected chi connectivity index (χ1v) is 6.52. The molecule has 0 bridgehead atoms. The molecule has 4 nitrogen and oxygen atoms in total. The molecular formula is C14H18N2O2. The van der Waals surface area contributed by atoms with E-state index >= 15 is 0 Å². The number of nitrogens with two attached hydrogens (primary N) is 1. The van der Waals surface area contributed by atoms with Crippen LogP contribution in [0.2, 0.25) is 0 Å². The van der Waals surface area contributed by atoms with Crippen molar-refractivity contribution in [2.24, 2.45) is 5.73 Å². The molecule has 0 atom stereocenters. The Bertz CT molecular complexity index is 446. The Morgan fingerprint density at radius 1 is 1.28 bits per heavy atom. The Labute approximate surface area is 107 Å². The van der Waals surface area contributed by atoms with Crippen LogP contribution in [0.1, 0.15) is 31.2 Å². The van der Waals surface area contributed by atoms with Crippen LogP contribution in [0.5, 0.6) is 0 Å². The third-order valence-electron chi connectivity index (χ3n) is 4.18. The first-order valence-electron chi connectivity index (χ1n) is 6.52. The largest absolute Gasteiger partial charge is 0.330 e. The highest BCUT2D eigenvalue weighted by atomic mass is 16.7. The second-order valence-corrected chi connectivity index (χ2v) is 5.16. The molecule has 1 aliphatic carbocycles. The summed E-state index contributed by atoms with van der Waals surface area (Å²) in [5.74, 6) is 0.0277. The zero-order valence-corrected chi connectivity index (χ0v) is 10.4. The molecule has 0 aromatic heterocycles. The molecule has 0 unspecified atom stereocenters. The molecule has 0 spiro atoms. The van der Waals surface area contributed by atoms with Crippen molar-refractivity contribution in [2.45, 2.75) is 31.1 Å². The van der Waals surface area contributed by atoms with E-state index in [9.17, 15) is 4.79 Å². The smallest absolute Gasteiger partial charge is 0.253 e. The van der Waals surface area contributed by atoms with Crippen LogP contribution in [0.25, 0.3) is 0 Å². The highest BCUT2D eigenvalue weighted by molar-refractivity contribution is 5.92. The third-order valence-corrected chi connectivity index (χ3v) is 4.18. The van der Waals surface area contributed by atoms with Crippen LogP contribution in [-0.4, -0.2) is 19.1 Å². The summed E-state index contributed by atoms with van der Waals surface area (Å²) in [6.07, 6.45) is 4.06. The Morgan fingerprint density at radius 2 is 2.00 bits per heavy atom. The molecular weight excluding hydrogens is 228 g/mol. The van der Waals surface area contributed by atoms with Crippen LogP contribution >= 0.6 is 0 Å². The van der Waals surface area contributed by atoms with E-state index in [1.807, 2.05) is 12.1 Å². The molecule has 96 valence electrons. The maximum Gasteiger partial charge on any atom is 0.253 e. The third kappa shape index (κ3) is 1.72. The van der Waals surface area contributed by atoms with Crippen LogP contribution in [0, 0.1) is 0 Å². The summed E-state index contributed by atoms with van der Waals surface area (Å²) in [5, 5.41) is 1.39. The quantitative estimate of drug-likeness (QED) is 0.883. The van der Waals surface area contributed by atoms with Gasteiger partial charge < -0.3 is 5.73 Å². The van der Waals surface area contributed by atoms with E-state index in [-0.39, 0.29) is 11.3 Å². The van der Waals surface area contributed by atoms with Gasteiger partial charge in [-0.1, -0.05) is 18.6 Å². The Kier molecular flexibility index (Phi) is 2.84. The van der Waals surface area contributed by atoms with E-state index in [1.165, 1.54) is 29.9 Å². The van der Waals surface area contributed by atoms with Crippen LogP contribution < -0.4 is 10.8 Å². The standard InChI is InChI=1S/C14H18N2O2/c15-10-14(7-1-8-14)11-2-4-12(5-3-11)16-13(17)6-9-18-16/h2-5H,1,6-10,15H2. The summed E-state index contributed by atoms with van der Waals surface area (Å²) in [6.45, 7) is 1.18. The number of hydrogen-bond acceptors (Lipinski definition) is 3. The van der Waals surface area contributed by atoms with Gasteiger partial charge in [-0.05, 0) is 30.5 Å². The van der Waals surface area contributed by atoms with E-state index < -0.39 is 0 Å². The van der Waals surface area contributed by atoms with Gasteiger partial charge in [-0.25, -0.2) is 0 Å². The number of amides is 1. The maximum atomic E-state index is 11.6. The lowest BCUT2D eigenvalue weighted by Crippen LogP contribution is -2.41. The van der Waals surface area contributed by atoms with Gasteiger partial charge in [0.25, 0.3) is 5.91 Å². The molecule has 2 fully saturated rings. The number of rotatable bonds is 3. The minimum absolute atomic E-state index is 0.0277. The Balaban J connectivity index is 1.83. The minimum atomic E-state index is 0.0277. The van der Waals surface area contributed by atoms with E-state index in [4.69, 9.17) is 10.6 Å². The van der Waals surface area contributed by atoms with Gasteiger partial charge >= 0.3 is 0 Å². The van der Waals surface area contributed by atoms with Crippen LogP contribution in [0.4, 0.5) is 5.69 Å². The fourth-order valence-electron chi connectivity index (χ4n) is 2.78. The van der Waals surface area contributed by atoms with Crippen LogP contribution in [0.3, 0.4) is 0 Å². The average molecular weight is 246 g/mol. The second-order valence-electron chi connectivity index (χ2n) is 5.16. The number of hydrogen-bond donors (Lipinski definition) is 1. The van der Waals surface area contributed by atoms with Gasteiger partial charge in [0.1, 0.15) is 0 Å². The van der Waals surface area contributed by atoms with Crippen molar-refractivity contribution in [3.8, 4) is 0 Å². The highest BCUT2D eigenvalue weighted by Gasteiger charge is 2.37. The summed E-state index contributed by atoms with van der Waals surface area (Å²) in [5.41, 5.74) is 8.17. The average Bonchev–Trinajstić information content (AvgIpc) is 2.76.